The molecule has 0 unspecified atom stereocenters. The summed E-state index contributed by atoms with van der Waals surface area (Å²) < 4.78 is 0. The number of hydrogen-bond donors (Lipinski definition) is 1. The van der Waals surface area contributed by atoms with E-state index >= 15 is 0 Å². The Labute approximate surface area is 165 Å². The number of nitrogens with zero attached hydrogens (tertiary/aromatic N) is 3. The molecule has 3 rings (SSSR count). The van der Waals surface area contributed by atoms with Crippen molar-refractivity contribution in [2.24, 2.45) is 5.10 Å². The number of hydrogen-bond acceptors (Lipinski definition) is 4. The quantitative estimate of drug-likeness (QED) is 0.615. The molecule has 27 heavy (non-hydrogen) atoms. The minimum absolute atomic E-state index is 0.0787. The molecule has 0 atom stereocenters. The van der Waals surface area contributed by atoms with E-state index in [2.05, 4.69) is 32.5 Å². The number of benzene rings is 2. The smallest absolute Gasteiger partial charge is 0.254 e. The zero-order valence-corrected chi connectivity index (χ0v) is 16.3. The van der Waals surface area contributed by atoms with Gasteiger partial charge < -0.3 is 0 Å². The summed E-state index contributed by atoms with van der Waals surface area (Å²) in [4.78, 5) is 16.6. The number of aryl methyl sites for hydroxylation is 1. The Balaban J connectivity index is 1.38. The molecule has 5 nitrogen and oxygen atoms in total. The van der Waals surface area contributed by atoms with Gasteiger partial charge in [-0.2, -0.15) is 5.10 Å². The van der Waals surface area contributed by atoms with Crippen LogP contribution in [0.1, 0.15) is 16.7 Å². The van der Waals surface area contributed by atoms with Gasteiger partial charge in [-0.05, 0) is 30.2 Å². The lowest BCUT2D eigenvalue weighted by atomic mass is 10.2. The predicted octanol–water partition coefficient (Wildman–Crippen LogP) is 2.92. The summed E-state index contributed by atoms with van der Waals surface area (Å²) in [5.74, 6) is -0.0787. The maximum absolute atomic E-state index is 12.1. The summed E-state index contributed by atoms with van der Waals surface area (Å²) >= 11 is 5.93. The van der Waals surface area contributed by atoms with Crippen LogP contribution in [0.5, 0.6) is 0 Å². The molecule has 0 spiro atoms. The van der Waals surface area contributed by atoms with Crippen LogP contribution in [0.15, 0.2) is 53.6 Å². The van der Waals surface area contributed by atoms with Gasteiger partial charge in [-0.1, -0.05) is 53.6 Å². The fraction of sp³-hybridized carbons (Fsp3) is 0.333. The van der Waals surface area contributed by atoms with Gasteiger partial charge in [-0.15, -0.1) is 0 Å². The van der Waals surface area contributed by atoms with Crippen LogP contribution >= 0.6 is 11.6 Å². The fourth-order valence-corrected chi connectivity index (χ4v) is 3.25. The van der Waals surface area contributed by atoms with Gasteiger partial charge in [0.15, 0.2) is 0 Å². The Morgan fingerprint density at radius 1 is 1.11 bits per heavy atom. The summed E-state index contributed by atoms with van der Waals surface area (Å²) in [6, 6.07) is 16.0. The third-order valence-electron chi connectivity index (χ3n) is 4.60. The minimum atomic E-state index is -0.0787. The van der Waals surface area contributed by atoms with Crippen LogP contribution in [0.3, 0.4) is 0 Å². The Morgan fingerprint density at radius 3 is 2.52 bits per heavy atom. The van der Waals surface area contributed by atoms with Crippen LogP contribution in [-0.2, 0) is 11.3 Å². The lowest BCUT2D eigenvalue weighted by Gasteiger charge is -2.34. The molecule has 1 N–H and O–H groups in total. The van der Waals surface area contributed by atoms with E-state index in [-0.39, 0.29) is 5.91 Å². The highest BCUT2D eigenvalue weighted by Gasteiger charge is 2.18. The van der Waals surface area contributed by atoms with E-state index in [0.717, 1.165) is 43.3 Å². The number of halogens is 1. The van der Waals surface area contributed by atoms with Crippen LogP contribution in [-0.4, -0.2) is 54.6 Å². The second-order valence-corrected chi connectivity index (χ2v) is 7.32. The standard InChI is InChI=1S/C21H25ClN4O/c1-17-3-2-4-19(13-17)14-23-24-21(27)16-26-11-9-25(10-12-26)15-18-5-7-20(22)8-6-18/h2-8,13-14H,9-12,15-16H2,1H3,(H,24,27). The summed E-state index contributed by atoms with van der Waals surface area (Å²) in [6.07, 6.45) is 1.68. The number of carbonyl (C=O) groups excluding carboxylic acids is 1. The Hall–Kier alpha value is -2.21. The molecule has 6 heteroatoms. The summed E-state index contributed by atoms with van der Waals surface area (Å²) in [5, 5.41) is 4.82. The van der Waals surface area contributed by atoms with E-state index in [1.54, 1.807) is 6.21 Å². The van der Waals surface area contributed by atoms with E-state index in [0.29, 0.717) is 6.54 Å². The highest BCUT2D eigenvalue weighted by Crippen LogP contribution is 2.12. The van der Waals surface area contributed by atoms with Gasteiger partial charge in [0.25, 0.3) is 5.91 Å². The minimum Gasteiger partial charge on any atom is -0.297 e. The molecule has 1 aliphatic rings. The maximum atomic E-state index is 12.1. The van der Waals surface area contributed by atoms with Crippen molar-refractivity contribution in [3.8, 4) is 0 Å². The van der Waals surface area contributed by atoms with Crippen LogP contribution < -0.4 is 5.43 Å². The molecule has 142 valence electrons. The van der Waals surface area contributed by atoms with Crippen LogP contribution in [0.2, 0.25) is 5.02 Å². The number of piperazine rings is 1. The first-order valence-corrected chi connectivity index (χ1v) is 9.54. The number of amides is 1. The summed E-state index contributed by atoms with van der Waals surface area (Å²) in [5.41, 5.74) is 6.02. The number of nitrogens with one attached hydrogen (secondary N) is 1. The van der Waals surface area contributed by atoms with Gasteiger partial charge >= 0.3 is 0 Å². The topological polar surface area (TPSA) is 47.9 Å². The number of rotatable bonds is 6. The van der Waals surface area contributed by atoms with E-state index < -0.39 is 0 Å². The molecule has 1 fully saturated rings. The Bertz CT molecular complexity index is 783. The summed E-state index contributed by atoms with van der Waals surface area (Å²) in [7, 11) is 0. The van der Waals surface area contributed by atoms with Crippen LogP contribution in [0, 0.1) is 6.92 Å². The van der Waals surface area contributed by atoms with Crippen molar-refractivity contribution in [2.75, 3.05) is 32.7 Å². The molecule has 0 bridgehead atoms. The number of hydrazone groups is 1. The molecular formula is C21H25ClN4O. The van der Waals surface area contributed by atoms with Crippen LogP contribution in [0.25, 0.3) is 0 Å². The molecule has 2 aromatic carbocycles. The molecule has 0 radical (unpaired) electrons. The average Bonchev–Trinajstić information content (AvgIpc) is 2.65. The highest BCUT2D eigenvalue weighted by molar-refractivity contribution is 6.30. The van der Waals surface area contributed by atoms with Gasteiger partial charge in [0.2, 0.25) is 0 Å². The Morgan fingerprint density at radius 2 is 1.81 bits per heavy atom. The molecule has 0 saturated carbocycles. The zero-order chi connectivity index (χ0) is 19.1. The third-order valence-corrected chi connectivity index (χ3v) is 4.85. The first-order chi connectivity index (χ1) is 13.1. The first-order valence-electron chi connectivity index (χ1n) is 9.16. The van der Waals surface area contributed by atoms with Crippen molar-refractivity contribution >= 4 is 23.7 Å². The van der Waals surface area contributed by atoms with Crippen molar-refractivity contribution in [3.05, 3.63) is 70.2 Å². The lowest BCUT2D eigenvalue weighted by molar-refractivity contribution is -0.122. The molecule has 1 amide bonds. The van der Waals surface area contributed by atoms with E-state index in [4.69, 9.17) is 11.6 Å². The van der Waals surface area contributed by atoms with Gasteiger partial charge in [-0.25, -0.2) is 5.43 Å². The predicted molar refractivity (Wildman–Crippen MR) is 110 cm³/mol. The maximum Gasteiger partial charge on any atom is 0.254 e. The molecule has 1 heterocycles. The van der Waals surface area contributed by atoms with Gasteiger partial charge in [-0.3, -0.25) is 14.6 Å². The van der Waals surface area contributed by atoms with E-state index in [1.807, 2.05) is 43.3 Å². The SMILES string of the molecule is Cc1cccc(C=NNC(=O)CN2CCN(Cc3ccc(Cl)cc3)CC2)c1. The summed E-state index contributed by atoms with van der Waals surface area (Å²) in [6.45, 7) is 6.97. The second-order valence-electron chi connectivity index (χ2n) is 6.89. The van der Waals surface area contributed by atoms with E-state index in [1.165, 1.54) is 11.1 Å². The van der Waals surface area contributed by atoms with Crippen molar-refractivity contribution in [1.82, 2.24) is 15.2 Å². The second kappa shape index (κ2) is 9.65. The van der Waals surface area contributed by atoms with Crippen molar-refractivity contribution in [3.63, 3.8) is 0 Å². The lowest BCUT2D eigenvalue weighted by Crippen LogP contribution is -2.48. The molecule has 1 aliphatic heterocycles. The Kier molecular flexibility index (Phi) is 6.98. The van der Waals surface area contributed by atoms with Gasteiger partial charge in [0.05, 0.1) is 12.8 Å². The largest absolute Gasteiger partial charge is 0.297 e. The molecule has 0 aliphatic carbocycles. The van der Waals surface area contributed by atoms with Gasteiger partial charge in [0, 0.05) is 37.7 Å². The van der Waals surface area contributed by atoms with Crippen molar-refractivity contribution in [1.29, 1.82) is 0 Å². The third kappa shape index (κ3) is 6.47. The average molecular weight is 385 g/mol. The van der Waals surface area contributed by atoms with Gasteiger partial charge in [0.1, 0.15) is 0 Å². The highest BCUT2D eigenvalue weighted by atomic mass is 35.5. The monoisotopic (exact) mass is 384 g/mol. The molecule has 1 saturated heterocycles. The van der Waals surface area contributed by atoms with Crippen molar-refractivity contribution in [2.45, 2.75) is 13.5 Å². The van der Waals surface area contributed by atoms with Crippen LogP contribution in [0.4, 0.5) is 0 Å². The van der Waals surface area contributed by atoms with Crippen molar-refractivity contribution < 1.29 is 4.79 Å². The molecular weight excluding hydrogens is 360 g/mol. The normalized spacial score (nSPS) is 15.9. The first kappa shape index (κ1) is 19.5. The number of carbonyl (C=O) groups is 1. The van der Waals surface area contributed by atoms with E-state index in [9.17, 15) is 4.79 Å². The fourth-order valence-electron chi connectivity index (χ4n) is 3.12. The zero-order valence-electron chi connectivity index (χ0n) is 15.6. The molecule has 2 aromatic rings. The molecule has 0 aromatic heterocycles.